The van der Waals surface area contributed by atoms with Crippen LogP contribution < -0.4 is 4.90 Å². The second-order valence-electron chi connectivity index (χ2n) is 14.2. The molecule has 5 heteroatoms. The molecule has 0 unspecified atom stereocenters. The Bertz CT molecular complexity index is 3280. The average Bonchev–Trinajstić information content (AvgIpc) is 3.63. The molecule has 9 aromatic carbocycles. The van der Waals surface area contributed by atoms with E-state index in [4.69, 9.17) is 19.8 Å². The molecular formula is C51H32N4O. The third kappa shape index (κ3) is 5.13. The Morgan fingerprint density at radius 2 is 1.18 bits per heavy atom. The van der Waals surface area contributed by atoms with Crippen LogP contribution >= 0.6 is 0 Å². The molecule has 2 heterocycles. The number of anilines is 3. The Morgan fingerprint density at radius 3 is 2.04 bits per heavy atom. The molecule has 56 heavy (non-hydrogen) atoms. The van der Waals surface area contributed by atoms with Gasteiger partial charge in [0, 0.05) is 50.0 Å². The van der Waals surface area contributed by atoms with Crippen LogP contribution in [0.15, 0.2) is 196 Å². The SMILES string of the molecule is N=C(/N=C(\N=C\c1ccc(N2c3cc4ccccc4cc3-c3cccc4cccc2c34)c2ccccc12)c1ccccc1)c1ccc2c(c1)oc1ccccc12. The van der Waals surface area contributed by atoms with E-state index in [2.05, 4.69) is 120 Å². The van der Waals surface area contributed by atoms with Crippen molar-refractivity contribution < 1.29 is 4.42 Å². The molecule has 1 aliphatic heterocycles. The highest BCUT2D eigenvalue weighted by atomic mass is 16.3. The number of benzene rings is 9. The van der Waals surface area contributed by atoms with Gasteiger partial charge < -0.3 is 9.32 Å². The average molecular weight is 717 g/mol. The van der Waals surface area contributed by atoms with E-state index in [0.29, 0.717) is 11.4 Å². The molecule has 11 rings (SSSR count). The number of fused-ring (bicyclic) bond motifs is 7. The fraction of sp³-hybridized carbons (Fsp3) is 0. The number of aliphatic imine (C=N–C) groups is 2. The van der Waals surface area contributed by atoms with Crippen molar-refractivity contribution in [3.05, 3.63) is 199 Å². The van der Waals surface area contributed by atoms with Crippen LogP contribution in [0.2, 0.25) is 0 Å². The maximum atomic E-state index is 9.08. The van der Waals surface area contributed by atoms with Crippen molar-refractivity contribution >= 4 is 89.2 Å². The van der Waals surface area contributed by atoms with E-state index in [9.17, 15) is 0 Å². The summed E-state index contributed by atoms with van der Waals surface area (Å²) in [5.41, 5.74) is 9.85. The summed E-state index contributed by atoms with van der Waals surface area (Å²) in [6, 6.07) is 63.0. The molecular weight excluding hydrogens is 685 g/mol. The van der Waals surface area contributed by atoms with Gasteiger partial charge in [-0.2, -0.15) is 0 Å². The van der Waals surface area contributed by atoms with Crippen molar-refractivity contribution in [1.82, 2.24) is 0 Å². The maximum absolute atomic E-state index is 9.08. The van der Waals surface area contributed by atoms with Crippen LogP contribution in [-0.4, -0.2) is 17.9 Å². The van der Waals surface area contributed by atoms with Gasteiger partial charge in [-0.15, -0.1) is 0 Å². The molecule has 1 aliphatic rings. The van der Waals surface area contributed by atoms with Crippen LogP contribution in [0.3, 0.4) is 0 Å². The Balaban J connectivity index is 1.03. The van der Waals surface area contributed by atoms with Gasteiger partial charge in [0.1, 0.15) is 11.2 Å². The van der Waals surface area contributed by atoms with Crippen LogP contribution in [0.4, 0.5) is 17.1 Å². The molecule has 0 saturated carbocycles. The predicted octanol–water partition coefficient (Wildman–Crippen LogP) is 13.4. The molecule has 0 bridgehead atoms. The minimum atomic E-state index is 0.106. The highest BCUT2D eigenvalue weighted by molar-refractivity contribution is 6.20. The molecule has 0 atom stereocenters. The van der Waals surface area contributed by atoms with Gasteiger partial charge in [0.15, 0.2) is 11.7 Å². The number of nitrogens with zero attached hydrogens (tertiary/aromatic N) is 3. The zero-order chi connectivity index (χ0) is 37.2. The maximum Gasteiger partial charge on any atom is 0.161 e. The van der Waals surface area contributed by atoms with Gasteiger partial charge in [0.05, 0.1) is 17.1 Å². The van der Waals surface area contributed by atoms with Crippen molar-refractivity contribution in [3.8, 4) is 11.1 Å². The van der Waals surface area contributed by atoms with E-state index in [1.54, 1.807) is 0 Å². The van der Waals surface area contributed by atoms with Gasteiger partial charge in [0.25, 0.3) is 0 Å². The number of nitrogens with one attached hydrogen (secondary N) is 1. The lowest BCUT2D eigenvalue weighted by atomic mass is 9.88. The minimum Gasteiger partial charge on any atom is -0.456 e. The third-order valence-electron chi connectivity index (χ3n) is 10.9. The summed E-state index contributed by atoms with van der Waals surface area (Å²) in [6.07, 6.45) is 1.88. The van der Waals surface area contributed by atoms with Crippen molar-refractivity contribution in [1.29, 1.82) is 5.41 Å². The molecule has 0 amide bonds. The van der Waals surface area contributed by atoms with E-state index < -0.39 is 0 Å². The fourth-order valence-corrected chi connectivity index (χ4v) is 8.29. The van der Waals surface area contributed by atoms with Gasteiger partial charge in [-0.1, -0.05) is 140 Å². The molecule has 1 N–H and O–H groups in total. The number of para-hydroxylation sites is 1. The summed E-state index contributed by atoms with van der Waals surface area (Å²) in [5, 5.41) is 18.2. The minimum absolute atomic E-state index is 0.106. The first-order chi connectivity index (χ1) is 27.7. The fourth-order valence-electron chi connectivity index (χ4n) is 8.29. The summed E-state index contributed by atoms with van der Waals surface area (Å²) in [7, 11) is 0. The largest absolute Gasteiger partial charge is 0.456 e. The molecule has 0 fully saturated rings. The summed E-state index contributed by atoms with van der Waals surface area (Å²) in [4.78, 5) is 12.2. The van der Waals surface area contributed by atoms with Crippen molar-refractivity contribution in [3.63, 3.8) is 0 Å². The van der Waals surface area contributed by atoms with Crippen LogP contribution in [-0.2, 0) is 0 Å². The number of rotatable bonds is 4. The summed E-state index contributed by atoms with van der Waals surface area (Å²) < 4.78 is 6.13. The molecule has 1 aromatic heterocycles. The highest BCUT2D eigenvalue weighted by Gasteiger charge is 2.27. The standard InChI is InChI=1S/C51H32N4O/c52-50(36-24-26-41-40-20-8-9-23-47(40)56-48(41)30-36)54-51(33-12-2-1-3-13-33)53-31-37-25-27-44(39-19-7-6-18-38(37)39)55-45-22-11-17-32-16-10-21-42(49(32)45)43-28-34-14-4-5-15-35(34)29-46(43)55/h1-31,52H/b52-50?,53-31+,54-51-. The van der Waals surface area contributed by atoms with E-state index in [-0.39, 0.29) is 5.84 Å². The Morgan fingerprint density at radius 1 is 0.482 bits per heavy atom. The van der Waals surface area contributed by atoms with Crippen LogP contribution in [0.5, 0.6) is 0 Å². The number of hydrogen-bond acceptors (Lipinski definition) is 3. The Labute approximate surface area is 322 Å². The van der Waals surface area contributed by atoms with E-state index >= 15 is 0 Å². The first-order valence-electron chi connectivity index (χ1n) is 18.7. The normalized spacial score (nSPS) is 12.7. The molecule has 262 valence electrons. The number of amidine groups is 2. The lowest BCUT2D eigenvalue weighted by Crippen LogP contribution is -2.15. The zero-order valence-corrected chi connectivity index (χ0v) is 30.1. The summed E-state index contributed by atoms with van der Waals surface area (Å²) in [5.74, 6) is 0.558. The smallest absolute Gasteiger partial charge is 0.161 e. The van der Waals surface area contributed by atoms with Gasteiger partial charge in [-0.05, 0) is 69.6 Å². The second-order valence-corrected chi connectivity index (χ2v) is 14.2. The van der Waals surface area contributed by atoms with Gasteiger partial charge >= 0.3 is 0 Å². The molecule has 5 nitrogen and oxygen atoms in total. The number of hydrogen-bond donors (Lipinski definition) is 1. The van der Waals surface area contributed by atoms with Crippen molar-refractivity contribution in [2.75, 3.05) is 4.90 Å². The predicted molar refractivity (Wildman–Crippen MR) is 234 cm³/mol. The Hall–Kier alpha value is -7.63. The topological polar surface area (TPSA) is 65.0 Å². The van der Waals surface area contributed by atoms with Gasteiger partial charge in [-0.25, -0.2) is 9.98 Å². The third-order valence-corrected chi connectivity index (χ3v) is 10.9. The molecule has 0 spiro atoms. The van der Waals surface area contributed by atoms with Crippen LogP contribution in [0.1, 0.15) is 16.7 Å². The van der Waals surface area contributed by atoms with Gasteiger partial charge in [0.2, 0.25) is 0 Å². The highest BCUT2D eigenvalue weighted by Crippen LogP contribution is 2.53. The first kappa shape index (κ1) is 31.9. The first-order valence-corrected chi connectivity index (χ1v) is 18.7. The molecule has 0 aliphatic carbocycles. The number of furan rings is 1. The van der Waals surface area contributed by atoms with Crippen molar-refractivity contribution in [2.24, 2.45) is 9.98 Å². The van der Waals surface area contributed by atoms with E-state index in [0.717, 1.165) is 60.9 Å². The summed E-state index contributed by atoms with van der Waals surface area (Å²) in [6.45, 7) is 0. The Kier molecular flexibility index (Phi) is 7.25. The summed E-state index contributed by atoms with van der Waals surface area (Å²) >= 11 is 0. The zero-order valence-electron chi connectivity index (χ0n) is 30.1. The lowest BCUT2D eigenvalue weighted by Gasteiger charge is -2.34. The quantitative estimate of drug-likeness (QED) is 0.146. The molecule has 10 aromatic rings. The van der Waals surface area contributed by atoms with Gasteiger partial charge in [-0.3, -0.25) is 5.41 Å². The van der Waals surface area contributed by atoms with E-state index in [1.807, 2.05) is 72.9 Å². The van der Waals surface area contributed by atoms with Crippen LogP contribution in [0.25, 0.3) is 65.4 Å². The van der Waals surface area contributed by atoms with Crippen molar-refractivity contribution in [2.45, 2.75) is 0 Å². The molecule has 0 saturated heterocycles. The monoisotopic (exact) mass is 716 g/mol. The second kappa shape index (κ2) is 12.8. The van der Waals surface area contributed by atoms with E-state index in [1.165, 1.54) is 32.7 Å². The van der Waals surface area contributed by atoms with Crippen LogP contribution in [0, 0.1) is 5.41 Å². The lowest BCUT2D eigenvalue weighted by molar-refractivity contribution is 0.669. The molecule has 0 radical (unpaired) electrons.